The molecule has 1 amide bonds. The van der Waals surface area contributed by atoms with Crippen LogP contribution >= 0.6 is 0 Å². The van der Waals surface area contributed by atoms with Gasteiger partial charge in [0, 0.05) is 16.6 Å². The molecule has 0 aliphatic rings. The van der Waals surface area contributed by atoms with Crippen LogP contribution in [0.3, 0.4) is 0 Å². The lowest BCUT2D eigenvalue weighted by Gasteiger charge is -2.06. The predicted molar refractivity (Wildman–Crippen MR) is 82.1 cm³/mol. The first-order chi connectivity index (χ1) is 10.0. The molecule has 0 fully saturated rings. The molecule has 0 unspecified atom stereocenters. The molecular formula is C17H15FN2O. The third-order valence-corrected chi connectivity index (χ3v) is 3.31. The van der Waals surface area contributed by atoms with E-state index in [4.69, 9.17) is 0 Å². The summed E-state index contributed by atoms with van der Waals surface area (Å²) in [6, 6.07) is 11.9. The molecule has 0 spiro atoms. The number of aromatic nitrogens is 1. The Morgan fingerprint density at radius 3 is 2.48 bits per heavy atom. The molecule has 0 saturated heterocycles. The normalized spacial score (nSPS) is 10.8. The first kappa shape index (κ1) is 13.4. The van der Waals surface area contributed by atoms with E-state index in [1.165, 1.54) is 12.1 Å². The number of halogens is 1. The maximum atomic E-state index is 13.2. The maximum absolute atomic E-state index is 13.2. The topological polar surface area (TPSA) is 44.9 Å². The quantitative estimate of drug-likeness (QED) is 0.727. The Labute approximate surface area is 121 Å². The molecule has 0 aliphatic carbocycles. The highest BCUT2D eigenvalue weighted by Crippen LogP contribution is 2.19. The number of nitrogens with one attached hydrogen (secondary N) is 2. The minimum absolute atomic E-state index is 0.239. The fourth-order valence-electron chi connectivity index (χ4n) is 2.47. The number of rotatable bonds is 2. The highest BCUT2D eigenvalue weighted by Gasteiger charge is 2.10. The molecule has 0 saturated carbocycles. The summed E-state index contributed by atoms with van der Waals surface area (Å²) in [6.07, 6.45) is 0. The number of benzene rings is 2. The first-order valence-corrected chi connectivity index (χ1v) is 6.69. The molecule has 3 aromatic rings. The van der Waals surface area contributed by atoms with Crippen LogP contribution < -0.4 is 5.32 Å². The van der Waals surface area contributed by atoms with Gasteiger partial charge < -0.3 is 10.3 Å². The standard InChI is InChI=1S/C17H15FN2O/c1-10-5-11(2)7-14(6-10)19-17(21)16-9-12-8-13(18)3-4-15(12)20-16/h3-9,20H,1-2H3,(H,19,21). The zero-order chi connectivity index (χ0) is 15.0. The van der Waals surface area contributed by atoms with Crippen LogP contribution in [0, 0.1) is 19.7 Å². The van der Waals surface area contributed by atoms with E-state index in [2.05, 4.69) is 10.3 Å². The van der Waals surface area contributed by atoms with Crippen molar-refractivity contribution >= 4 is 22.5 Å². The summed E-state index contributed by atoms with van der Waals surface area (Å²) in [5, 5.41) is 3.53. The Kier molecular flexibility index (Phi) is 3.22. The number of fused-ring (bicyclic) bond motifs is 1. The minimum Gasteiger partial charge on any atom is -0.351 e. The second-order valence-corrected chi connectivity index (χ2v) is 5.25. The monoisotopic (exact) mass is 282 g/mol. The second kappa shape index (κ2) is 5.05. The molecule has 0 radical (unpaired) electrons. The lowest BCUT2D eigenvalue weighted by atomic mass is 10.1. The molecule has 3 nitrogen and oxygen atoms in total. The molecule has 21 heavy (non-hydrogen) atoms. The van der Waals surface area contributed by atoms with Gasteiger partial charge in [-0.15, -0.1) is 0 Å². The molecule has 3 rings (SSSR count). The van der Waals surface area contributed by atoms with Crippen molar-refractivity contribution in [3.63, 3.8) is 0 Å². The van der Waals surface area contributed by atoms with Crippen LogP contribution in [-0.4, -0.2) is 10.9 Å². The van der Waals surface area contributed by atoms with Gasteiger partial charge >= 0.3 is 0 Å². The largest absolute Gasteiger partial charge is 0.351 e. The van der Waals surface area contributed by atoms with E-state index in [-0.39, 0.29) is 11.7 Å². The van der Waals surface area contributed by atoms with Crippen molar-refractivity contribution in [3.05, 3.63) is 65.1 Å². The fourth-order valence-corrected chi connectivity index (χ4v) is 2.47. The molecule has 2 N–H and O–H groups in total. The van der Waals surface area contributed by atoms with Gasteiger partial charge in [-0.1, -0.05) is 6.07 Å². The highest BCUT2D eigenvalue weighted by molar-refractivity contribution is 6.06. The van der Waals surface area contributed by atoms with E-state index in [9.17, 15) is 9.18 Å². The lowest BCUT2D eigenvalue weighted by Crippen LogP contribution is -2.12. The van der Waals surface area contributed by atoms with Crippen molar-refractivity contribution < 1.29 is 9.18 Å². The molecule has 0 aliphatic heterocycles. The van der Waals surface area contributed by atoms with Gasteiger partial charge in [0.25, 0.3) is 5.91 Å². The number of carbonyl (C=O) groups is 1. The summed E-state index contributed by atoms with van der Waals surface area (Å²) in [6.45, 7) is 3.96. The number of H-pyrrole nitrogens is 1. The van der Waals surface area contributed by atoms with Crippen LogP contribution in [0.25, 0.3) is 10.9 Å². The molecule has 0 bridgehead atoms. The minimum atomic E-state index is -0.317. The van der Waals surface area contributed by atoms with E-state index in [1.54, 1.807) is 12.1 Å². The van der Waals surface area contributed by atoms with E-state index < -0.39 is 0 Å². The molecule has 2 aromatic carbocycles. The Hall–Kier alpha value is -2.62. The smallest absolute Gasteiger partial charge is 0.272 e. The lowest BCUT2D eigenvalue weighted by molar-refractivity contribution is 0.102. The Balaban J connectivity index is 1.89. The Morgan fingerprint density at radius 2 is 1.76 bits per heavy atom. The molecule has 1 aromatic heterocycles. The van der Waals surface area contributed by atoms with Gasteiger partial charge in [0.15, 0.2) is 0 Å². The zero-order valence-electron chi connectivity index (χ0n) is 11.8. The summed E-state index contributed by atoms with van der Waals surface area (Å²) in [5.74, 6) is -0.556. The van der Waals surface area contributed by atoms with Gasteiger partial charge in [-0.05, 0) is 61.4 Å². The van der Waals surface area contributed by atoms with Crippen LogP contribution in [0.1, 0.15) is 21.6 Å². The van der Waals surface area contributed by atoms with E-state index >= 15 is 0 Å². The van der Waals surface area contributed by atoms with Crippen LogP contribution in [0.2, 0.25) is 0 Å². The van der Waals surface area contributed by atoms with Crippen molar-refractivity contribution in [3.8, 4) is 0 Å². The second-order valence-electron chi connectivity index (χ2n) is 5.25. The van der Waals surface area contributed by atoms with E-state index in [0.717, 1.165) is 22.3 Å². The highest BCUT2D eigenvalue weighted by atomic mass is 19.1. The molecule has 106 valence electrons. The summed E-state index contributed by atoms with van der Waals surface area (Å²) in [5.41, 5.74) is 4.08. The van der Waals surface area contributed by atoms with Crippen LogP contribution in [0.5, 0.6) is 0 Å². The summed E-state index contributed by atoms with van der Waals surface area (Å²) < 4.78 is 13.2. The van der Waals surface area contributed by atoms with Crippen molar-refractivity contribution in [2.75, 3.05) is 5.32 Å². The van der Waals surface area contributed by atoms with E-state index in [1.807, 2.05) is 32.0 Å². The number of carbonyl (C=O) groups excluding carboxylic acids is 1. The first-order valence-electron chi connectivity index (χ1n) is 6.69. The molecular weight excluding hydrogens is 267 g/mol. The Morgan fingerprint density at radius 1 is 1.05 bits per heavy atom. The number of hydrogen-bond acceptors (Lipinski definition) is 1. The third-order valence-electron chi connectivity index (χ3n) is 3.31. The van der Waals surface area contributed by atoms with Gasteiger partial charge in [0.05, 0.1) is 0 Å². The average molecular weight is 282 g/mol. The van der Waals surface area contributed by atoms with Crippen molar-refractivity contribution in [1.29, 1.82) is 0 Å². The third kappa shape index (κ3) is 2.79. The SMILES string of the molecule is Cc1cc(C)cc(NC(=O)c2cc3cc(F)ccc3[nH]2)c1. The van der Waals surface area contributed by atoms with Gasteiger partial charge in [-0.25, -0.2) is 4.39 Å². The van der Waals surface area contributed by atoms with Crippen LogP contribution in [0.4, 0.5) is 10.1 Å². The van der Waals surface area contributed by atoms with E-state index in [0.29, 0.717) is 11.1 Å². The van der Waals surface area contributed by atoms with Crippen molar-refractivity contribution in [1.82, 2.24) is 4.98 Å². The molecule has 4 heteroatoms. The van der Waals surface area contributed by atoms with Crippen LogP contribution in [-0.2, 0) is 0 Å². The molecule has 1 heterocycles. The number of anilines is 1. The van der Waals surface area contributed by atoms with Crippen molar-refractivity contribution in [2.45, 2.75) is 13.8 Å². The number of aromatic amines is 1. The Bertz CT molecular complexity index is 816. The number of amides is 1. The fraction of sp³-hybridized carbons (Fsp3) is 0.118. The summed E-state index contributed by atoms with van der Waals surface area (Å²) in [4.78, 5) is 15.2. The number of hydrogen-bond donors (Lipinski definition) is 2. The zero-order valence-corrected chi connectivity index (χ0v) is 11.8. The molecule has 0 atom stereocenters. The maximum Gasteiger partial charge on any atom is 0.272 e. The van der Waals surface area contributed by atoms with Gasteiger partial charge in [0.1, 0.15) is 11.5 Å². The summed E-state index contributed by atoms with van der Waals surface area (Å²) >= 11 is 0. The van der Waals surface area contributed by atoms with Crippen molar-refractivity contribution in [2.24, 2.45) is 0 Å². The van der Waals surface area contributed by atoms with Gasteiger partial charge in [-0.2, -0.15) is 0 Å². The van der Waals surface area contributed by atoms with Crippen LogP contribution in [0.15, 0.2) is 42.5 Å². The predicted octanol–water partition coefficient (Wildman–Crippen LogP) is 4.18. The summed E-state index contributed by atoms with van der Waals surface area (Å²) in [7, 11) is 0. The number of aryl methyl sites for hydroxylation is 2. The van der Waals surface area contributed by atoms with Gasteiger partial charge in [0.2, 0.25) is 0 Å². The average Bonchev–Trinajstić information content (AvgIpc) is 2.80. The van der Waals surface area contributed by atoms with Gasteiger partial charge in [-0.3, -0.25) is 4.79 Å².